The third-order valence-corrected chi connectivity index (χ3v) is 3.29. The molecule has 0 aliphatic heterocycles. The summed E-state index contributed by atoms with van der Waals surface area (Å²) >= 11 is 0. The third kappa shape index (κ3) is 2.50. The van der Waals surface area contributed by atoms with E-state index in [4.69, 9.17) is 0 Å². The Labute approximate surface area is 109 Å². The Bertz CT molecular complexity index is 546. The van der Waals surface area contributed by atoms with Crippen molar-refractivity contribution in [1.29, 1.82) is 0 Å². The highest BCUT2D eigenvalue weighted by Gasteiger charge is 2.34. The predicted octanol–water partition coefficient (Wildman–Crippen LogP) is 3.24. The molecule has 0 amide bonds. The maximum absolute atomic E-state index is 12.7. The zero-order chi connectivity index (χ0) is 14.2. The topological polar surface area (TPSA) is 29.1 Å². The van der Waals surface area contributed by atoms with Crippen LogP contribution in [0.3, 0.4) is 0 Å². The first-order chi connectivity index (χ1) is 8.84. The van der Waals surface area contributed by atoms with Gasteiger partial charge in [-0.1, -0.05) is 19.1 Å². The van der Waals surface area contributed by atoms with Crippen molar-refractivity contribution in [2.45, 2.75) is 19.5 Å². The highest BCUT2D eigenvalue weighted by atomic mass is 19.4. The van der Waals surface area contributed by atoms with Gasteiger partial charge in [-0.3, -0.25) is 4.79 Å². The van der Waals surface area contributed by atoms with Gasteiger partial charge in [-0.25, -0.2) is 0 Å². The van der Waals surface area contributed by atoms with Crippen molar-refractivity contribution in [3.63, 3.8) is 0 Å². The summed E-state index contributed by atoms with van der Waals surface area (Å²) in [5.74, 6) is -0.296. The van der Waals surface area contributed by atoms with E-state index in [9.17, 15) is 18.0 Å². The maximum atomic E-state index is 12.7. The number of Topliss-reactive ketones (excluding diaryl/α,β-unsaturated/α-hetero) is 1. The Morgan fingerprint density at radius 3 is 2.58 bits per heavy atom. The first-order valence-electron chi connectivity index (χ1n) is 5.97. The smallest absolute Gasteiger partial charge is 0.391 e. The summed E-state index contributed by atoms with van der Waals surface area (Å²) in [6, 6.07) is 4.90. The Morgan fingerprint density at radius 2 is 2.00 bits per heavy atom. The van der Waals surface area contributed by atoms with Gasteiger partial charge in [0.2, 0.25) is 0 Å². The van der Waals surface area contributed by atoms with Crippen LogP contribution in [0.15, 0.2) is 30.0 Å². The lowest BCUT2D eigenvalue weighted by Gasteiger charge is -2.10. The van der Waals surface area contributed by atoms with Crippen LogP contribution in [0.25, 0.3) is 5.57 Å². The van der Waals surface area contributed by atoms with Crippen molar-refractivity contribution < 1.29 is 18.0 Å². The van der Waals surface area contributed by atoms with Gasteiger partial charge in [-0.05, 0) is 24.1 Å². The molecule has 1 aromatic carbocycles. The fraction of sp³-hybridized carbons (Fsp3) is 0.357. The standard InChI is InChI=1S/C14H14F3NO/c1-8-6-11(18-2)12(13(8)19)9-4-3-5-10(7-9)14(15,16)17/h3-5,7-8,18H,6H2,1-2H3. The molecule has 1 N–H and O–H groups in total. The Kier molecular flexibility index (Phi) is 3.39. The lowest BCUT2D eigenvalue weighted by molar-refractivity contribution is -0.137. The largest absolute Gasteiger partial charge is 0.416 e. The second kappa shape index (κ2) is 4.72. The van der Waals surface area contributed by atoms with Gasteiger partial charge in [0.15, 0.2) is 5.78 Å². The first kappa shape index (κ1) is 13.6. The summed E-state index contributed by atoms with van der Waals surface area (Å²) in [5, 5.41) is 2.91. The van der Waals surface area contributed by atoms with Crippen molar-refractivity contribution in [2.24, 2.45) is 5.92 Å². The molecule has 1 aliphatic rings. The maximum Gasteiger partial charge on any atom is 0.416 e. The molecule has 2 nitrogen and oxygen atoms in total. The molecular weight excluding hydrogens is 255 g/mol. The fourth-order valence-corrected chi connectivity index (χ4v) is 2.29. The highest BCUT2D eigenvalue weighted by molar-refractivity contribution is 6.24. The average Bonchev–Trinajstić information content (AvgIpc) is 2.64. The number of carbonyl (C=O) groups excluding carboxylic acids is 1. The van der Waals surface area contributed by atoms with Crippen molar-refractivity contribution in [1.82, 2.24) is 5.32 Å². The van der Waals surface area contributed by atoms with Crippen molar-refractivity contribution in [3.05, 3.63) is 41.1 Å². The molecule has 1 atom stereocenters. The van der Waals surface area contributed by atoms with Crippen LogP contribution in [0.5, 0.6) is 0 Å². The summed E-state index contributed by atoms with van der Waals surface area (Å²) in [5.41, 5.74) is 0.673. The van der Waals surface area contributed by atoms with Crippen molar-refractivity contribution in [3.8, 4) is 0 Å². The van der Waals surface area contributed by atoms with Crippen molar-refractivity contribution >= 4 is 11.4 Å². The molecule has 0 bridgehead atoms. The quantitative estimate of drug-likeness (QED) is 0.893. The number of alkyl halides is 3. The van der Waals surface area contributed by atoms with Gasteiger partial charge >= 0.3 is 6.18 Å². The second-order valence-electron chi connectivity index (χ2n) is 4.65. The molecule has 1 unspecified atom stereocenters. The molecule has 0 saturated heterocycles. The molecule has 2 rings (SSSR count). The molecule has 0 fully saturated rings. The van der Waals surface area contributed by atoms with Crippen LogP contribution in [0, 0.1) is 5.92 Å². The van der Waals surface area contributed by atoms with Crippen LogP contribution in [-0.4, -0.2) is 12.8 Å². The Morgan fingerprint density at radius 1 is 1.32 bits per heavy atom. The summed E-state index contributed by atoms with van der Waals surface area (Å²) in [4.78, 5) is 12.1. The number of ketones is 1. The van der Waals surface area contributed by atoms with E-state index in [2.05, 4.69) is 5.32 Å². The summed E-state index contributed by atoms with van der Waals surface area (Å²) in [7, 11) is 1.67. The zero-order valence-electron chi connectivity index (χ0n) is 10.6. The molecule has 0 radical (unpaired) electrons. The number of rotatable bonds is 2. The number of allylic oxidation sites excluding steroid dienone is 2. The van der Waals surface area contributed by atoms with E-state index in [1.54, 1.807) is 14.0 Å². The lowest BCUT2D eigenvalue weighted by Crippen LogP contribution is -2.09. The SMILES string of the molecule is CNC1=C(c2cccc(C(F)(F)F)c2)C(=O)C(C)C1. The van der Waals surface area contributed by atoms with Gasteiger partial charge in [0.25, 0.3) is 0 Å². The van der Waals surface area contributed by atoms with Crippen LogP contribution in [0.1, 0.15) is 24.5 Å². The van der Waals surface area contributed by atoms with Crippen LogP contribution in [0.4, 0.5) is 13.2 Å². The van der Waals surface area contributed by atoms with E-state index in [1.165, 1.54) is 12.1 Å². The van der Waals surface area contributed by atoms with Gasteiger partial charge in [0.05, 0.1) is 5.56 Å². The lowest BCUT2D eigenvalue weighted by atomic mass is 9.98. The minimum atomic E-state index is -4.40. The zero-order valence-corrected chi connectivity index (χ0v) is 10.6. The van der Waals surface area contributed by atoms with E-state index < -0.39 is 11.7 Å². The van der Waals surface area contributed by atoms with E-state index >= 15 is 0 Å². The molecule has 1 aromatic rings. The second-order valence-corrected chi connectivity index (χ2v) is 4.65. The number of carbonyl (C=O) groups is 1. The van der Waals surface area contributed by atoms with Gasteiger partial charge in [-0.15, -0.1) is 0 Å². The van der Waals surface area contributed by atoms with E-state index in [0.717, 1.165) is 12.1 Å². The number of hydrogen-bond donors (Lipinski definition) is 1. The molecule has 0 aromatic heterocycles. The molecule has 1 aliphatic carbocycles. The van der Waals surface area contributed by atoms with Gasteiger partial charge in [-0.2, -0.15) is 13.2 Å². The molecule has 0 heterocycles. The molecule has 0 spiro atoms. The monoisotopic (exact) mass is 269 g/mol. The summed E-state index contributed by atoms with van der Waals surface area (Å²) in [6.07, 6.45) is -3.86. The van der Waals surface area contributed by atoms with Gasteiger partial charge in [0.1, 0.15) is 0 Å². The summed E-state index contributed by atoms with van der Waals surface area (Å²) in [6.45, 7) is 1.78. The highest BCUT2D eigenvalue weighted by Crippen LogP contribution is 2.36. The van der Waals surface area contributed by atoms with Crippen LogP contribution >= 0.6 is 0 Å². The first-order valence-corrected chi connectivity index (χ1v) is 5.97. The molecule has 19 heavy (non-hydrogen) atoms. The fourth-order valence-electron chi connectivity index (χ4n) is 2.29. The molecular formula is C14H14F3NO. The van der Waals surface area contributed by atoms with Gasteiger partial charge < -0.3 is 5.32 Å². The number of halogens is 3. The number of nitrogens with one attached hydrogen (secondary N) is 1. The normalized spacial score (nSPS) is 20.1. The molecule has 5 heteroatoms. The van der Waals surface area contributed by atoms with Crippen LogP contribution in [0.2, 0.25) is 0 Å². The number of benzene rings is 1. The Hall–Kier alpha value is -1.78. The Balaban J connectivity index is 2.50. The van der Waals surface area contributed by atoms with Crippen molar-refractivity contribution in [2.75, 3.05) is 7.05 Å². The van der Waals surface area contributed by atoms with Crippen LogP contribution in [-0.2, 0) is 11.0 Å². The average molecular weight is 269 g/mol. The third-order valence-electron chi connectivity index (χ3n) is 3.29. The molecule has 0 saturated carbocycles. The minimum absolute atomic E-state index is 0.108. The van der Waals surface area contributed by atoms with E-state index in [0.29, 0.717) is 23.3 Å². The summed E-state index contributed by atoms with van der Waals surface area (Å²) < 4.78 is 38.1. The van der Waals surface area contributed by atoms with E-state index in [1.807, 2.05) is 0 Å². The van der Waals surface area contributed by atoms with Crippen LogP contribution < -0.4 is 5.32 Å². The minimum Gasteiger partial charge on any atom is -0.391 e. The molecule has 102 valence electrons. The number of hydrogen-bond acceptors (Lipinski definition) is 2. The predicted molar refractivity (Wildman–Crippen MR) is 66.2 cm³/mol. The van der Waals surface area contributed by atoms with E-state index in [-0.39, 0.29) is 11.7 Å². The van der Waals surface area contributed by atoms with Gasteiger partial charge in [0, 0.05) is 24.2 Å².